The van der Waals surface area contributed by atoms with E-state index in [0.717, 1.165) is 49.8 Å². The molecule has 1 amide bonds. The summed E-state index contributed by atoms with van der Waals surface area (Å²) < 4.78 is 11.3. The molecule has 1 aliphatic heterocycles. The molecule has 1 aromatic rings. The van der Waals surface area contributed by atoms with Crippen molar-refractivity contribution in [3.05, 3.63) is 24.3 Å². The monoisotopic (exact) mass is 390 g/mol. The maximum atomic E-state index is 12.6. The second kappa shape index (κ2) is 11.4. The van der Waals surface area contributed by atoms with Gasteiger partial charge in [0.15, 0.2) is 0 Å². The number of rotatable bonds is 11. The number of nitrogens with one attached hydrogen (secondary N) is 1. The van der Waals surface area contributed by atoms with Crippen LogP contribution in [0.15, 0.2) is 24.3 Å². The van der Waals surface area contributed by atoms with Crippen LogP contribution in [-0.4, -0.2) is 49.8 Å². The van der Waals surface area contributed by atoms with Crippen molar-refractivity contribution in [3.8, 4) is 5.75 Å². The van der Waals surface area contributed by atoms with Crippen LogP contribution in [0, 0.1) is 5.92 Å². The normalized spacial score (nSPS) is 19.8. The minimum atomic E-state index is -0.795. The highest BCUT2D eigenvalue weighted by molar-refractivity contribution is 5.97. The zero-order chi connectivity index (χ0) is 20.4. The molecule has 0 spiro atoms. The minimum absolute atomic E-state index is 0.104. The van der Waals surface area contributed by atoms with Crippen molar-refractivity contribution in [1.82, 2.24) is 4.90 Å². The van der Waals surface area contributed by atoms with Gasteiger partial charge < -0.3 is 19.7 Å². The molecule has 0 aliphatic carbocycles. The summed E-state index contributed by atoms with van der Waals surface area (Å²) in [6.45, 7) is 10.5. The lowest BCUT2D eigenvalue weighted by molar-refractivity contribution is -0.136. The summed E-state index contributed by atoms with van der Waals surface area (Å²) in [5, 5.41) is 2.96. The molecule has 1 saturated heterocycles. The van der Waals surface area contributed by atoms with E-state index in [1.165, 1.54) is 25.9 Å². The van der Waals surface area contributed by atoms with E-state index < -0.39 is 5.60 Å². The summed E-state index contributed by atoms with van der Waals surface area (Å²) in [7, 11) is 1.59. The number of hydrogen-bond acceptors (Lipinski definition) is 4. The zero-order valence-corrected chi connectivity index (χ0v) is 18.1. The number of methoxy groups -OCH3 is 1. The summed E-state index contributed by atoms with van der Waals surface area (Å²) in [5.74, 6) is 1.55. The van der Waals surface area contributed by atoms with Crippen molar-refractivity contribution >= 4 is 11.6 Å². The molecule has 1 aromatic carbocycles. The SMILES string of the molecule is CCCC[C@](C)(OC)C(=O)Nc1ccc(OCCCN2CCC[C@H](C)C2)cc1. The highest BCUT2D eigenvalue weighted by atomic mass is 16.5. The summed E-state index contributed by atoms with van der Waals surface area (Å²) in [5.41, 5.74) is -0.0312. The Labute approximate surface area is 170 Å². The fraction of sp³-hybridized carbons (Fsp3) is 0.696. The van der Waals surface area contributed by atoms with Gasteiger partial charge in [0.25, 0.3) is 5.91 Å². The molecule has 1 heterocycles. The molecule has 2 atom stereocenters. The molecule has 1 aliphatic rings. The number of hydrogen-bond donors (Lipinski definition) is 1. The Morgan fingerprint density at radius 1 is 1.29 bits per heavy atom. The van der Waals surface area contributed by atoms with Crippen LogP contribution < -0.4 is 10.1 Å². The van der Waals surface area contributed by atoms with Gasteiger partial charge in [-0.05, 0) is 69.3 Å². The maximum absolute atomic E-state index is 12.6. The third-order valence-electron chi connectivity index (χ3n) is 5.68. The van der Waals surface area contributed by atoms with Crippen LogP contribution in [-0.2, 0) is 9.53 Å². The Morgan fingerprint density at radius 3 is 2.68 bits per heavy atom. The quantitative estimate of drug-likeness (QED) is 0.556. The molecule has 158 valence electrons. The van der Waals surface area contributed by atoms with Crippen LogP contribution in [0.2, 0.25) is 0 Å². The van der Waals surface area contributed by atoms with E-state index in [-0.39, 0.29) is 5.91 Å². The molecule has 0 bridgehead atoms. The number of nitrogens with zero attached hydrogens (tertiary/aromatic N) is 1. The van der Waals surface area contributed by atoms with Gasteiger partial charge in [-0.2, -0.15) is 0 Å². The molecule has 5 heteroatoms. The Hall–Kier alpha value is -1.59. The van der Waals surface area contributed by atoms with E-state index in [0.29, 0.717) is 6.42 Å². The Morgan fingerprint density at radius 2 is 2.04 bits per heavy atom. The number of unbranched alkanes of at least 4 members (excludes halogenated alkanes) is 1. The topological polar surface area (TPSA) is 50.8 Å². The van der Waals surface area contributed by atoms with Crippen LogP contribution in [0.4, 0.5) is 5.69 Å². The Balaban J connectivity index is 1.74. The zero-order valence-electron chi connectivity index (χ0n) is 18.1. The van der Waals surface area contributed by atoms with Gasteiger partial charge in [-0.1, -0.05) is 26.7 Å². The van der Waals surface area contributed by atoms with Crippen LogP contribution in [0.25, 0.3) is 0 Å². The van der Waals surface area contributed by atoms with Crippen molar-refractivity contribution in [2.75, 3.05) is 38.7 Å². The molecular weight excluding hydrogens is 352 g/mol. The van der Waals surface area contributed by atoms with E-state index in [1.54, 1.807) is 7.11 Å². The molecule has 0 aromatic heterocycles. The predicted octanol–water partition coefficient (Wildman–Crippen LogP) is 4.72. The standard InChI is InChI=1S/C23H38N2O3/c1-5-6-14-23(3,27-4)22(26)24-20-10-12-21(13-11-20)28-17-8-16-25-15-7-9-19(2)18-25/h10-13,19H,5-9,14-18H2,1-4H3,(H,24,26)/t19-,23-/m0/s1. The van der Waals surface area contributed by atoms with Gasteiger partial charge in [0.1, 0.15) is 11.4 Å². The molecule has 1 N–H and O–H groups in total. The van der Waals surface area contributed by atoms with Crippen molar-refractivity contribution in [2.24, 2.45) is 5.92 Å². The molecule has 2 rings (SSSR count). The van der Waals surface area contributed by atoms with Crippen molar-refractivity contribution in [1.29, 1.82) is 0 Å². The first-order chi connectivity index (χ1) is 13.5. The fourth-order valence-corrected chi connectivity index (χ4v) is 3.69. The number of carbonyl (C=O) groups is 1. The second-order valence-corrected chi connectivity index (χ2v) is 8.27. The summed E-state index contributed by atoms with van der Waals surface area (Å²) >= 11 is 0. The summed E-state index contributed by atoms with van der Waals surface area (Å²) in [6.07, 6.45) is 6.42. The molecule has 0 unspecified atom stereocenters. The highest BCUT2D eigenvalue weighted by Gasteiger charge is 2.32. The fourth-order valence-electron chi connectivity index (χ4n) is 3.69. The van der Waals surface area contributed by atoms with E-state index >= 15 is 0 Å². The lowest BCUT2D eigenvalue weighted by Crippen LogP contribution is -2.41. The number of piperidine rings is 1. The average Bonchev–Trinajstić information content (AvgIpc) is 2.70. The number of ether oxygens (including phenoxy) is 2. The third-order valence-corrected chi connectivity index (χ3v) is 5.68. The summed E-state index contributed by atoms with van der Waals surface area (Å²) in [4.78, 5) is 15.1. The Kier molecular flexibility index (Phi) is 9.26. The lowest BCUT2D eigenvalue weighted by atomic mass is 9.97. The van der Waals surface area contributed by atoms with E-state index in [2.05, 4.69) is 24.1 Å². The number of anilines is 1. The number of amides is 1. The lowest BCUT2D eigenvalue weighted by Gasteiger charge is -2.30. The summed E-state index contributed by atoms with van der Waals surface area (Å²) in [6, 6.07) is 7.59. The molecule has 1 fully saturated rings. The molecule has 5 nitrogen and oxygen atoms in total. The number of benzene rings is 1. The molecule has 28 heavy (non-hydrogen) atoms. The molecule has 0 radical (unpaired) electrons. The van der Waals surface area contributed by atoms with E-state index in [4.69, 9.17) is 9.47 Å². The van der Waals surface area contributed by atoms with Gasteiger partial charge in [0, 0.05) is 25.9 Å². The first-order valence-corrected chi connectivity index (χ1v) is 10.8. The van der Waals surface area contributed by atoms with Crippen molar-refractivity contribution in [3.63, 3.8) is 0 Å². The molecular formula is C23H38N2O3. The second-order valence-electron chi connectivity index (χ2n) is 8.27. The molecule has 0 saturated carbocycles. The minimum Gasteiger partial charge on any atom is -0.494 e. The van der Waals surface area contributed by atoms with Crippen LogP contribution >= 0.6 is 0 Å². The first-order valence-electron chi connectivity index (χ1n) is 10.8. The van der Waals surface area contributed by atoms with Crippen LogP contribution in [0.3, 0.4) is 0 Å². The maximum Gasteiger partial charge on any atom is 0.256 e. The average molecular weight is 391 g/mol. The number of carbonyl (C=O) groups excluding carboxylic acids is 1. The Bertz CT molecular complexity index is 590. The van der Waals surface area contributed by atoms with Gasteiger partial charge >= 0.3 is 0 Å². The van der Waals surface area contributed by atoms with E-state index in [9.17, 15) is 4.79 Å². The van der Waals surface area contributed by atoms with Gasteiger partial charge in [0.05, 0.1) is 6.61 Å². The predicted molar refractivity (Wildman–Crippen MR) is 115 cm³/mol. The smallest absolute Gasteiger partial charge is 0.256 e. The van der Waals surface area contributed by atoms with Gasteiger partial charge in [0.2, 0.25) is 0 Å². The number of likely N-dealkylation sites (tertiary alicyclic amines) is 1. The van der Waals surface area contributed by atoms with Gasteiger partial charge in [-0.25, -0.2) is 0 Å². The largest absolute Gasteiger partial charge is 0.494 e. The van der Waals surface area contributed by atoms with Crippen LogP contribution in [0.1, 0.15) is 59.3 Å². The van der Waals surface area contributed by atoms with Crippen molar-refractivity contribution < 1.29 is 14.3 Å². The van der Waals surface area contributed by atoms with Crippen LogP contribution in [0.5, 0.6) is 5.75 Å². The third kappa shape index (κ3) is 7.10. The first kappa shape index (κ1) is 22.7. The highest BCUT2D eigenvalue weighted by Crippen LogP contribution is 2.22. The van der Waals surface area contributed by atoms with Gasteiger partial charge in [-0.15, -0.1) is 0 Å². The van der Waals surface area contributed by atoms with E-state index in [1.807, 2.05) is 31.2 Å². The van der Waals surface area contributed by atoms with Crippen molar-refractivity contribution in [2.45, 2.75) is 64.9 Å². The van der Waals surface area contributed by atoms with Gasteiger partial charge in [-0.3, -0.25) is 4.79 Å².